The van der Waals surface area contributed by atoms with Crippen molar-refractivity contribution in [3.63, 3.8) is 0 Å². The largest absolute Gasteiger partial charge is 0.478 e. The SMILES string of the molecule is CC(=CC1CCCCO1)C(=O)O. The Morgan fingerprint density at radius 2 is 2.33 bits per heavy atom. The van der Waals surface area contributed by atoms with Gasteiger partial charge in [-0.15, -0.1) is 0 Å². The third-order valence-electron chi connectivity index (χ3n) is 1.99. The van der Waals surface area contributed by atoms with E-state index in [0.717, 1.165) is 25.9 Å². The number of hydrogen-bond donors (Lipinski definition) is 1. The van der Waals surface area contributed by atoms with Crippen LogP contribution in [0, 0.1) is 0 Å². The normalized spacial score (nSPS) is 25.4. The Kier molecular flexibility index (Phi) is 3.29. The van der Waals surface area contributed by atoms with Crippen molar-refractivity contribution in [1.82, 2.24) is 0 Å². The van der Waals surface area contributed by atoms with E-state index in [2.05, 4.69) is 0 Å². The number of aliphatic carboxylic acids is 1. The summed E-state index contributed by atoms with van der Waals surface area (Å²) in [5.74, 6) is -0.857. The van der Waals surface area contributed by atoms with E-state index in [1.54, 1.807) is 13.0 Å². The van der Waals surface area contributed by atoms with E-state index < -0.39 is 5.97 Å². The smallest absolute Gasteiger partial charge is 0.331 e. The minimum absolute atomic E-state index is 0.0230. The van der Waals surface area contributed by atoms with Crippen LogP contribution >= 0.6 is 0 Å². The Morgan fingerprint density at radius 1 is 1.58 bits per heavy atom. The van der Waals surface area contributed by atoms with Crippen LogP contribution in [0.2, 0.25) is 0 Å². The molecule has 12 heavy (non-hydrogen) atoms. The van der Waals surface area contributed by atoms with Gasteiger partial charge in [-0.25, -0.2) is 4.79 Å². The van der Waals surface area contributed by atoms with Crippen LogP contribution in [0.1, 0.15) is 26.2 Å². The second-order valence-electron chi connectivity index (χ2n) is 3.06. The monoisotopic (exact) mass is 170 g/mol. The lowest BCUT2D eigenvalue weighted by Crippen LogP contribution is -2.17. The van der Waals surface area contributed by atoms with Crippen LogP contribution in [0.4, 0.5) is 0 Å². The van der Waals surface area contributed by atoms with Crippen molar-refractivity contribution >= 4 is 5.97 Å². The van der Waals surface area contributed by atoms with Crippen LogP contribution in [0.5, 0.6) is 0 Å². The maximum absolute atomic E-state index is 10.4. The Hall–Kier alpha value is -0.830. The summed E-state index contributed by atoms with van der Waals surface area (Å²) in [7, 11) is 0. The molecule has 0 amide bonds. The van der Waals surface area contributed by atoms with Gasteiger partial charge < -0.3 is 9.84 Å². The Bertz CT molecular complexity index is 190. The standard InChI is InChI=1S/C9H14O3/c1-7(9(10)11)6-8-4-2-3-5-12-8/h6,8H,2-5H2,1H3,(H,10,11). The zero-order chi connectivity index (χ0) is 8.97. The molecule has 0 saturated carbocycles. The molecule has 0 aliphatic carbocycles. The molecule has 0 aromatic heterocycles. The molecular formula is C9H14O3. The van der Waals surface area contributed by atoms with Crippen molar-refractivity contribution in [2.75, 3.05) is 6.61 Å². The lowest BCUT2D eigenvalue weighted by Gasteiger charge is -2.19. The first-order valence-corrected chi connectivity index (χ1v) is 4.23. The van der Waals surface area contributed by atoms with Crippen LogP contribution in [0.3, 0.4) is 0 Å². The molecule has 1 atom stereocenters. The number of carbonyl (C=O) groups is 1. The van der Waals surface area contributed by atoms with Gasteiger partial charge >= 0.3 is 5.97 Å². The second-order valence-corrected chi connectivity index (χ2v) is 3.06. The van der Waals surface area contributed by atoms with Gasteiger partial charge in [0.15, 0.2) is 0 Å². The maximum Gasteiger partial charge on any atom is 0.331 e. The van der Waals surface area contributed by atoms with Crippen molar-refractivity contribution in [3.05, 3.63) is 11.6 Å². The van der Waals surface area contributed by atoms with E-state index in [4.69, 9.17) is 9.84 Å². The molecule has 0 bridgehead atoms. The lowest BCUT2D eigenvalue weighted by atomic mass is 10.1. The average Bonchev–Trinajstić information content (AvgIpc) is 2.06. The number of hydrogen-bond acceptors (Lipinski definition) is 2. The number of ether oxygens (including phenoxy) is 1. The van der Waals surface area contributed by atoms with Gasteiger partial charge in [0.05, 0.1) is 6.10 Å². The highest BCUT2D eigenvalue weighted by molar-refractivity contribution is 5.85. The molecular weight excluding hydrogens is 156 g/mol. The minimum atomic E-state index is -0.857. The summed E-state index contributed by atoms with van der Waals surface area (Å²) in [6.07, 6.45) is 4.89. The topological polar surface area (TPSA) is 46.5 Å². The summed E-state index contributed by atoms with van der Waals surface area (Å²) in [6, 6.07) is 0. The fourth-order valence-corrected chi connectivity index (χ4v) is 1.25. The van der Waals surface area contributed by atoms with Crippen molar-refractivity contribution in [2.24, 2.45) is 0 Å². The lowest BCUT2D eigenvalue weighted by molar-refractivity contribution is -0.132. The van der Waals surface area contributed by atoms with Crippen molar-refractivity contribution in [2.45, 2.75) is 32.3 Å². The zero-order valence-electron chi connectivity index (χ0n) is 7.25. The van der Waals surface area contributed by atoms with E-state index in [-0.39, 0.29) is 6.10 Å². The summed E-state index contributed by atoms with van der Waals surface area (Å²) in [5.41, 5.74) is 0.377. The van der Waals surface area contributed by atoms with Gasteiger partial charge in [-0.05, 0) is 32.3 Å². The highest BCUT2D eigenvalue weighted by Crippen LogP contribution is 2.14. The van der Waals surface area contributed by atoms with Crippen molar-refractivity contribution in [1.29, 1.82) is 0 Å². The summed E-state index contributed by atoms with van der Waals surface area (Å²) < 4.78 is 5.36. The molecule has 1 aliphatic heterocycles. The molecule has 3 heteroatoms. The van der Waals surface area contributed by atoms with Crippen LogP contribution < -0.4 is 0 Å². The maximum atomic E-state index is 10.4. The second kappa shape index (κ2) is 4.26. The van der Waals surface area contributed by atoms with E-state index in [1.807, 2.05) is 0 Å². The summed E-state index contributed by atoms with van der Waals surface area (Å²) in [4.78, 5) is 10.4. The molecule has 0 aromatic carbocycles. The molecule has 3 nitrogen and oxygen atoms in total. The van der Waals surface area contributed by atoms with Gasteiger partial charge in [0.2, 0.25) is 0 Å². The molecule has 0 aromatic rings. The number of carboxylic acids is 1. The van der Waals surface area contributed by atoms with Gasteiger partial charge in [-0.3, -0.25) is 0 Å². The highest BCUT2D eigenvalue weighted by Gasteiger charge is 2.12. The predicted molar refractivity (Wildman–Crippen MR) is 45.0 cm³/mol. The molecule has 1 unspecified atom stereocenters. The van der Waals surface area contributed by atoms with E-state index in [1.165, 1.54) is 0 Å². The Morgan fingerprint density at radius 3 is 2.83 bits per heavy atom. The molecule has 1 heterocycles. The first kappa shape index (κ1) is 9.26. The van der Waals surface area contributed by atoms with E-state index in [9.17, 15) is 4.79 Å². The molecule has 0 radical (unpaired) electrons. The fraction of sp³-hybridized carbons (Fsp3) is 0.667. The van der Waals surface area contributed by atoms with E-state index in [0.29, 0.717) is 5.57 Å². The molecule has 0 spiro atoms. The van der Waals surface area contributed by atoms with Crippen LogP contribution in [0.15, 0.2) is 11.6 Å². The number of rotatable bonds is 2. The molecule has 1 fully saturated rings. The van der Waals surface area contributed by atoms with Crippen LogP contribution in [0.25, 0.3) is 0 Å². The minimum Gasteiger partial charge on any atom is -0.478 e. The summed E-state index contributed by atoms with van der Waals surface area (Å²) in [6.45, 7) is 2.36. The fourth-order valence-electron chi connectivity index (χ4n) is 1.25. The number of carboxylic acid groups (broad SMARTS) is 1. The van der Waals surface area contributed by atoms with Gasteiger partial charge in [0.25, 0.3) is 0 Å². The highest BCUT2D eigenvalue weighted by atomic mass is 16.5. The van der Waals surface area contributed by atoms with Crippen molar-refractivity contribution in [3.8, 4) is 0 Å². The molecule has 1 aliphatic rings. The molecule has 68 valence electrons. The Balaban J connectivity index is 2.47. The van der Waals surface area contributed by atoms with Gasteiger partial charge in [-0.1, -0.05) is 0 Å². The first-order valence-electron chi connectivity index (χ1n) is 4.23. The predicted octanol–water partition coefficient (Wildman–Crippen LogP) is 1.59. The van der Waals surface area contributed by atoms with Gasteiger partial charge in [0.1, 0.15) is 0 Å². The first-order chi connectivity index (χ1) is 5.70. The quantitative estimate of drug-likeness (QED) is 0.640. The van der Waals surface area contributed by atoms with Crippen LogP contribution in [-0.4, -0.2) is 23.8 Å². The molecule has 1 rings (SSSR count). The van der Waals surface area contributed by atoms with Crippen molar-refractivity contribution < 1.29 is 14.6 Å². The van der Waals surface area contributed by atoms with Crippen LogP contribution in [-0.2, 0) is 9.53 Å². The molecule has 1 saturated heterocycles. The summed E-state index contributed by atoms with van der Waals surface area (Å²) in [5, 5.41) is 8.59. The average molecular weight is 170 g/mol. The van der Waals surface area contributed by atoms with E-state index >= 15 is 0 Å². The zero-order valence-corrected chi connectivity index (χ0v) is 7.25. The Labute approximate surface area is 72.0 Å². The van der Waals surface area contributed by atoms with Gasteiger partial charge in [0, 0.05) is 12.2 Å². The summed E-state index contributed by atoms with van der Waals surface area (Å²) >= 11 is 0. The molecule has 1 N–H and O–H groups in total. The third-order valence-corrected chi connectivity index (χ3v) is 1.99. The van der Waals surface area contributed by atoms with Gasteiger partial charge in [-0.2, -0.15) is 0 Å². The third kappa shape index (κ3) is 2.66.